The summed E-state index contributed by atoms with van der Waals surface area (Å²) < 4.78 is 0. The average Bonchev–Trinajstić information content (AvgIpc) is 2.04. The van der Waals surface area contributed by atoms with Crippen LogP contribution in [0, 0.1) is 6.42 Å². The summed E-state index contributed by atoms with van der Waals surface area (Å²) in [7, 11) is 0. The van der Waals surface area contributed by atoms with Gasteiger partial charge in [0.25, 0.3) is 0 Å². The molecule has 1 radical (unpaired) electrons. The summed E-state index contributed by atoms with van der Waals surface area (Å²) in [6.07, 6.45) is 2.21. The minimum Gasteiger partial charge on any atom is -0.377 e. The van der Waals surface area contributed by atoms with Gasteiger partial charge >= 0.3 is 0 Å². The van der Waals surface area contributed by atoms with E-state index in [-0.39, 0.29) is 6.04 Å². The lowest BCUT2D eigenvalue weighted by molar-refractivity contribution is 0.278. The Kier molecular flexibility index (Phi) is 4.22. The molecule has 13 heavy (non-hydrogen) atoms. The molecule has 0 aromatic heterocycles. The normalized spacial score (nSPS) is 15.3. The van der Waals surface area contributed by atoms with Crippen LogP contribution < -0.4 is 5.73 Å². The first kappa shape index (κ1) is 10.5. The number of alkyl halides is 1. The van der Waals surface area contributed by atoms with Crippen molar-refractivity contribution < 1.29 is 5.11 Å². The molecule has 2 nitrogen and oxygen atoms in total. The van der Waals surface area contributed by atoms with Gasteiger partial charge in [-0.2, -0.15) is 0 Å². The third kappa shape index (κ3) is 4.27. The Hall–Kier alpha value is -0.570. The molecular weight excluding hydrogens is 186 g/mol. The van der Waals surface area contributed by atoms with Crippen molar-refractivity contribution in [3.63, 3.8) is 0 Å². The maximum atomic E-state index is 8.83. The Morgan fingerprint density at radius 3 is 2.54 bits per heavy atom. The lowest BCUT2D eigenvalue weighted by Gasteiger charge is -2.11. The Bertz CT molecular complexity index is 238. The molecule has 1 aromatic carbocycles. The van der Waals surface area contributed by atoms with Crippen LogP contribution in [0.15, 0.2) is 30.3 Å². The lowest BCUT2D eigenvalue weighted by Crippen LogP contribution is -2.27. The van der Waals surface area contributed by atoms with Gasteiger partial charge in [0.15, 0.2) is 0 Å². The summed E-state index contributed by atoms with van der Waals surface area (Å²) in [5.74, 6) is 0. The summed E-state index contributed by atoms with van der Waals surface area (Å²) in [4.78, 5) is 0. The second-order valence-corrected chi connectivity index (χ2v) is 3.37. The summed E-state index contributed by atoms with van der Waals surface area (Å²) in [5.41, 5.74) is 5.89. The molecule has 0 spiro atoms. The number of halogens is 1. The Morgan fingerprint density at radius 1 is 1.38 bits per heavy atom. The van der Waals surface area contributed by atoms with E-state index in [2.05, 4.69) is 0 Å². The van der Waals surface area contributed by atoms with Crippen molar-refractivity contribution in [1.82, 2.24) is 0 Å². The Balaban J connectivity index is 2.41. The molecule has 0 aliphatic rings. The third-order valence-corrected chi connectivity index (χ3v) is 1.87. The minimum atomic E-state index is -0.960. The van der Waals surface area contributed by atoms with Crippen molar-refractivity contribution in [2.45, 2.75) is 18.0 Å². The van der Waals surface area contributed by atoms with E-state index in [0.29, 0.717) is 6.42 Å². The molecule has 0 heterocycles. The molecule has 0 bridgehead atoms. The predicted molar refractivity (Wildman–Crippen MR) is 54.3 cm³/mol. The number of rotatable bonds is 4. The van der Waals surface area contributed by atoms with Crippen LogP contribution in [0.3, 0.4) is 0 Å². The zero-order valence-electron chi connectivity index (χ0n) is 7.23. The fourth-order valence-electron chi connectivity index (χ4n) is 1.16. The third-order valence-electron chi connectivity index (χ3n) is 1.72. The summed E-state index contributed by atoms with van der Waals surface area (Å²) in [5, 5.41) is 8.83. The second kappa shape index (κ2) is 5.22. The van der Waals surface area contributed by atoms with Gasteiger partial charge in [0.1, 0.15) is 5.56 Å². The van der Waals surface area contributed by atoms with E-state index in [9.17, 15) is 0 Å². The SMILES string of the molecule is NC([CH]C(O)Cl)Cc1ccccc1. The summed E-state index contributed by atoms with van der Waals surface area (Å²) in [6, 6.07) is 9.66. The van der Waals surface area contributed by atoms with Crippen LogP contribution in [-0.4, -0.2) is 16.7 Å². The molecule has 2 unspecified atom stereocenters. The molecule has 71 valence electrons. The fourth-order valence-corrected chi connectivity index (χ4v) is 1.35. The van der Waals surface area contributed by atoms with Gasteiger partial charge in [0.05, 0.1) is 0 Å². The van der Waals surface area contributed by atoms with Gasteiger partial charge in [-0.05, 0) is 12.0 Å². The first-order valence-electron chi connectivity index (χ1n) is 4.15. The maximum absolute atomic E-state index is 8.83. The standard InChI is InChI=1S/C10H13ClNO/c11-10(13)7-9(12)6-8-4-2-1-3-5-8/h1-5,7,9-10,13H,6,12H2. The molecule has 0 saturated heterocycles. The molecule has 1 rings (SSSR count). The Labute approximate surface area is 83.3 Å². The highest BCUT2D eigenvalue weighted by molar-refractivity contribution is 6.20. The van der Waals surface area contributed by atoms with E-state index >= 15 is 0 Å². The van der Waals surface area contributed by atoms with Gasteiger partial charge in [-0.25, -0.2) is 0 Å². The van der Waals surface area contributed by atoms with Gasteiger partial charge in [0.2, 0.25) is 0 Å². The van der Waals surface area contributed by atoms with Gasteiger partial charge < -0.3 is 10.8 Å². The maximum Gasteiger partial charge on any atom is 0.132 e. The quantitative estimate of drug-likeness (QED) is 0.717. The van der Waals surface area contributed by atoms with Crippen molar-refractivity contribution in [3.05, 3.63) is 42.3 Å². The van der Waals surface area contributed by atoms with Crippen LogP contribution in [0.1, 0.15) is 5.56 Å². The summed E-state index contributed by atoms with van der Waals surface area (Å²) in [6.45, 7) is 0. The number of hydrogen-bond acceptors (Lipinski definition) is 2. The molecule has 0 aliphatic heterocycles. The number of nitrogens with two attached hydrogens (primary N) is 1. The van der Waals surface area contributed by atoms with Crippen LogP contribution in [0.2, 0.25) is 0 Å². The van der Waals surface area contributed by atoms with Crippen molar-refractivity contribution in [1.29, 1.82) is 0 Å². The van der Waals surface area contributed by atoms with Crippen LogP contribution in [0.5, 0.6) is 0 Å². The van der Waals surface area contributed by atoms with Crippen molar-refractivity contribution >= 4 is 11.6 Å². The largest absolute Gasteiger partial charge is 0.377 e. The minimum absolute atomic E-state index is 0.199. The molecule has 0 aliphatic carbocycles. The highest BCUT2D eigenvalue weighted by atomic mass is 35.5. The van der Waals surface area contributed by atoms with Gasteiger partial charge in [-0.3, -0.25) is 0 Å². The topological polar surface area (TPSA) is 46.2 Å². The van der Waals surface area contributed by atoms with E-state index < -0.39 is 5.56 Å². The highest BCUT2D eigenvalue weighted by Crippen LogP contribution is 2.06. The molecule has 0 fully saturated rings. The zero-order valence-corrected chi connectivity index (χ0v) is 7.98. The van der Waals surface area contributed by atoms with Gasteiger partial charge in [-0.1, -0.05) is 41.9 Å². The van der Waals surface area contributed by atoms with Crippen molar-refractivity contribution in [2.75, 3.05) is 0 Å². The average molecular weight is 199 g/mol. The molecule has 3 N–H and O–H groups in total. The van der Waals surface area contributed by atoms with E-state index in [1.807, 2.05) is 30.3 Å². The predicted octanol–water partition coefficient (Wildman–Crippen LogP) is 1.32. The van der Waals surface area contributed by atoms with E-state index in [0.717, 1.165) is 5.56 Å². The van der Waals surface area contributed by atoms with Crippen LogP contribution in [0.25, 0.3) is 0 Å². The van der Waals surface area contributed by atoms with E-state index in [1.54, 1.807) is 0 Å². The van der Waals surface area contributed by atoms with Gasteiger partial charge in [0, 0.05) is 12.5 Å². The van der Waals surface area contributed by atoms with E-state index in [4.69, 9.17) is 22.4 Å². The molecule has 0 saturated carbocycles. The van der Waals surface area contributed by atoms with E-state index in [1.165, 1.54) is 6.42 Å². The Morgan fingerprint density at radius 2 is 2.00 bits per heavy atom. The lowest BCUT2D eigenvalue weighted by atomic mass is 10.0. The van der Waals surface area contributed by atoms with Crippen molar-refractivity contribution in [2.24, 2.45) is 5.73 Å². The molecular formula is C10H13ClNO. The molecule has 0 amide bonds. The van der Waals surface area contributed by atoms with Crippen LogP contribution in [0.4, 0.5) is 0 Å². The monoisotopic (exact) mass is 198 g/mol. The summed E-state index contributed by atoms with van der Waals surface area (Å²) >= 11 is 5.36. The molecule has 3 heteroatoms. The zero-order chi connectivity index (χ0) is 9.68. The van der Waals surface area contributed by atoms with Gasteiger partial charge in [-0.15, -0.1) is 0 Å². The van der Waals surface area contributed by atoms with Crippen LogP contribution in [-0.2, 0) is 6.42 Å². The first-order valence-corrected chi connectivity index (χ1v) is 4.59. The number of benzene rings is 1. The number of hydrogen-bond donors (Lipinski definition) is 2. The highest BCUT2D eigenvalue weighted by Gasteiger charge is 2.08. The number of aliphatic hydroxyl groups excluding tert-OH is 1. The fraction of sp³-hybridized carbons (Fsp3) is 0.300. The van der Waals surface area contributed by atoms with Crippen molar-refractivity contribution in [3.8, 4) is 0 Å². The van der Waals surface area contributed by atoms with Crippen LogP contribution >= 0.6 is 11.6 Å². The number of aliphatic hydroxyl groups is 1. The second-order valence-electron chi connectivity index (χ2n) is 2.92. The first-order chi connectivity index (χ1) is 6.18. The molecule has 1 aromatic rings. The smallest absolute Gasteiger partial charge is 0.132 e. The molecule has 2 atom stereocenters.